The molecule has 248 valence electrons. The summed E-state index contributed by atoms with van der Waals surface area (Å²) in [5, 5.41) is 7.34. The number of fused-ring (bicyclic) bond motifs is 1. The van der Waals surface area contributed by atoms with Gasteiger partial charge < -0.3 is 29.7 Å². The molecule has 2 saturated heterocycles. The van der Waals surface area contributed by atoms with Crippen LogP contribution >= 0.6 is 23.1 Å². The Kier molecular flexibility index (Phi) is 9.68. The van der Waals surface area contributed by atoms with Crippen molar-refractivity contribution < 1.29 is 14.1 Å². The molecule has 2 aliphatic heterocycles. The monoisotopic (exact) mass is 721 g/mol. The summed E-state index contributed by atoms with van der Waals surface area (Å²) in [6.45, 7) is 9.59. The Morgan fingerprint density at radius 1 is 1.02 bits per heavy atom. The third kappa shape index (κ3) is 7.07. The number of carbonyl (C=O) groups is 1. The fourth-order valence-corrected chi connectivity index (χ4v) is 8.18. The Labute approximate surface area is 283 Å². The van der Waals surface area contributed by atoms with Gasteiger partial charge >= 0.3 is 0 Å². The molecule has 0 atom stereocenters. The van der Waals surface area contributed by atoms with Crippen LogP contribution in [0.4, 0.5) is 28.8 Å². The number of aromatic nitrogens is 4. The Bertz CT molecular complexity index is 1840. The molecule has 2 N–H and O–H groups in total. The number of ether oxygens (including phenoxy) is 1. The number of methoxy groups -OCH3 is 1. The number of aryl methyl sites for hydroxylation is 1. The second-order valence-corrected chi connectivity index (χ2v) is 16.5. The largest absolute Gasteiger partial charge is 0.494 e. The molecule has 12 nitrogen and oxygen atoms in total. The summed E-state index contributed by atoms with van der Waals surface area (Å²) >= 11 is 3.57. The highest BCUT2D eigenvalue weighted by Gasteiger charge is 2.31. The number of piperazine rings is 1. The molecule has 0 bridgehead atoms. The first-order valence-corrected chi connectivity index (χ1v) is 19.2. The van der Waals surface area contributed by atoms with E-state index in [4.69, 9.17) is 9.72 Å². The van der Waals surface area contributed by atoms with Gasteiger partial charge in [0, 0.05) is 62.6 Å². The van der Waals surface area contributed by atoms with E-state index in [0.29, 0.717) is 50.6 Å². The fourth-order valence-electron chi connectivity index (χ4n) is 6.50. The molecular formula is C33H41BrN9O3P. The summed E-state index contributed by atoms with van der Waals surface area (Å²) in [4.78, 5) is 37.4. The van der Waals surface area contributed by atoms with E-state index in [9.17, 15) is 9.36 Å². The fraction of sp³-hybridized carbons (Fsp3) is 0.424. The highest BCUT2D eigenvalue weighted by molar-refractivity contribution is 9.10. The standard InChI is InChI=1S/C33H41BrN9O3P/c1-6-21-17-26(28(46-3)18-27(21)42-13-9-22(10-14-42)43-16-15-41(2)20-29(43)44)39-33-37-19-23(34)32(40-33)38-25-8-7-24-30(36-12-11-35-24)31(25)47(4,5)45/h7-8,11-12,17-19,22H,6,9-10,13-16,20H2,1-5H3,(H2,37,38,39,40). The van der Waals surface area contributed by atoms with Gasteiger partial charge in [-0.2, -0.15) is 4.98 Å². The maximum absolute atomic E-state index is 13.4. The maximum atomic E-state index is 13.4. The normalized spacial score (nSPS) is 16.5. The van der Waals surface area contributed by atoms with Crippen molar-refractivity contribution in [2.75, 3.05) is 75.7 Å². The summed E-state index contributed by atoms with van der Waals surface area (Å²) in [6, 6.07) is 8.19. The van der Waals surface area contributed by atoms with Crippen LogP contribution in [0.15, 0.2) is 47.3 Å². The van der Waals surface area contributed by atoms with E-state index in [-0.39, 0.29) is 11.9 Å². The van der Waals surface area contributed by atoms with E-state index in [2.05, 4.69) is 75.3 Å². The minimum Gasteiger partial charge on any atom is -0.494 e. The molecular weight excluding hydrogens is 681 g/mol. The van der Waals surface area contributed by atoms with Gasteiger partial charge in [0.15, 0.2) is 0 Å². The van der Waals surface area contributed by atoms with Gasteiger partial charge in [-0.3, -0.25) is 19.7 Å². The van der Waals surface area contributed by atoms with Crippen LogP contribution in [0.25, 0.3) is 11.0 Å². The highest BCUT2D eigenvalue weighted by atomic mass is 79.9. The van der Waals surface area contributed by atoms with Crippen LogP contribution in [0.1, 0.15) is 25.3 Å². The van der Waals surface area contributed by atoms with Crippen molar-refractivity contribution in [2.45, 2.75) is 32.2 Å². The summed E-state index contributed by atoms with van der Waals surface area (Å²) < 4.78 is 19.9. The van der Waals surface area contributed by atoms with Crippen molar-refractivity contribution in [1.29, 1.82) is 0 Å². The van der Waals surface area contributed by atoms with Crippen LogP contribution < -0.4 is 25.6 Å². The van der Waals surface area contributed by atoms with Gasteiger partial charge in [-0.05, 0) is 79.3 Å². The van der Waals surface area contributed by atoms with Gasteiger partial charge in [-0.15, -0.1) is 0 Å². The van der Waals surface area contributed by atoms with Gasteiger partial charge in [-0.1, -0.05) is 6.92 Å². The maximum Gasteiger partial charge on any atom is 0.237 e. The average molecular weight is 723 g/mol. The lowest BCUT2D eigenvalue weighted by atomic mass is 9.99. The molecule has 1 amide bonds. The van der Waals surface area contributed by atoms with Crippen LogP contribution in [0.2, 0.25) is 0 Å². The van der Waals surface area contributed by atoms with Gasteiger partial charge in [0.2, 0.25) is 11.9 Å². The zero-order valence-corrected chi connectivity index (χ0v) is 29.9. The first-order valence-electron chi connectivity index (χ1n) is 15.9. The van der Waals surface area contributed by atoms with Crippen molar-refractivity contribution >= 4 is 74.1 Å². The van der Waals surface area contributed by atoms with Gasteiger partial charge in [0.1, 0.15) is 24.2 Å². The third-order valence-corrected chi connectivity index (χ3v) is 11.0. The average Bonchev–Trinajstić information content (AvgIpc) is 3.05. The summed E-state index contributed by atoms with van der Waals surface area (Å²) in [7, 11) is 0.914. The molecule has 0 aliphatic carbocycles. The molecule has 0 unspecified atom stereocenters. The molecule has 2 aromatic carbocycles. The van der Waals surface area contributed by atoms with Gasteiger partial charge in [-0.25, -0.2) is 4.98 Å². The topological polar surface area (TPSA) is 129 Å². The Morgan fingerprint density at radius 2 is 1.79 bits per heavy atom. The van der Waals surface area contributed by atoms with Crippen molar-refractivity contribution in [2.24, 2.45) is 0 Å². The van der Waals surface area contributed by atoms with Crippen molar-refractivity contribution in [3.63, 3.8) is 0 Å². The number of nitrogens with one attached hydrogen (secondary N) is 2. The van der Waals surface area contributed by atoms with Crippen molar-refractivity contribution in [1.82, 2.24) is 29.7 Å². The number of benzene rings is 2. The minimum absolute atomic E-state index is 0.236. The number of piperidine rings is 1. The van der Waals surface area contributed by atoms with Crippen LogP contribution in [0.3, 0.4) is 0 Å². The molecule has 4 aromatic rings. The second kappa shape index (κ2) is 13.7. The molecule has 0 spiro atoms. The zero-order valence-electron chi connectivity index (χ0n) is 27.5. The number of rotatable bonds is 9. The van der Waals surface area contributed by atoms with Crippen LogP contribution in [0, 0.1) is 0 Å². The number of hydrogen-bond donors (Lipinski definition) is 2. The first-order chi connectivity index (χ1) is 22.5. The van der Waals surface area contributed by atoms with E-state index in [1.807, 2.05) is 19.2 Å². The Hall–Kier alpha value is -3.80. The lowest BCUT2D eigenvalue weighted by Crippen LogP contribution is -2.55. The third-order valence-electron chi connectivity index (χ3n) is 8.87. The first kappa shape index (κ1) is 33.1. The van der Waals surface area contributed by atoms with E-state index in [1.165, 1.54) is 5.56 Å². The van der Waals surface area contributed by atoms with Crippen LogP contribution in [-0.4, -0.2) is 102 Å². The molecule has 14 heteroatoms. The number of halogens is 1. The minimum atomic E-state index is -2.75. The molecule has 2 fully saturated rings. The second-order valence-electron chi connectivity index (χ2n) is 12.5. The summed E-state index contributed by atoms with van der Waals surface area (Å²) in [6.07, 6.45) is 7.63. The zero-order chi connectivity index (χ0) is 33.3. The van der Waals surface area contributed by atoms with E-state index < -0.39 is 7.14 Å². The predicted molar refractivity (Wildman–Crippen MR) is 192 cm³/mol. The van der Waals surface area contributed by atoms with Gasteiger partial charge in [0.25, 0.3) is 0 Å². The smallest absolute Gasteiger partial charge is 0.237 e. The molecule has 4 heterocycles. The molecule has 2 aromatic heterocycles. The number of amides is 1. The quantitative estimate of drug-likeness (QED) is 0.221. The lowest BCUT2D eigenvalue weighted by Gasteiger charge is -2.43. The number of nitrogens with zero attached hydrogens (tertiary/aromatic N) is 7. The van der Waals surface area contributed by atoms with Crippen molar-refractivity contribution in [3.05, 3.63) is 52.9 Å². The van der Waals surface area contributed by atoms with E-state index in [0.717, 1.165) is 56.8 Å². The molecule has 2 aliphatic rings. The summed E-state index contributed by atoms with van der Waals surface area (Å²) in [5.74, 6) is 1.80. The number of hydrogen-bond acceptors (Lipinski definition) is 11. The number of likely N-dealkylation sites (N-methyl/N-ethyl adjacent to an activating group) is 1. The Morgan fingerprint density at radius 3 is 2.49 bits per heavy atom. The molecule has 0 radical (unpaired) electrons. The number of anilines is 5. The molecule has 47 heavy (non-hydrogen) atoms. The molecule has 6 rings (SSSR count). The SMILES string of the molecule is CCc1cc(Nc2ncc(Br)c(Nc3ccc4nccnc4c3P(C)(C)=O)n2)c(OC)cc1N1CCC(N2CCN(C)CC2=O)CC1. The Balaban J connectivity index is 1.23. The van der Waals surface area contributed by atoms with Crippen LogP contribution in [0.5, 0.6) is 5.75 Å². The molecule has 0 saturated carbocycles. The van der Waals surface area contributed by atoms with Gasteiger partial charge in [0.05, 0.1) is 40.3 Å². The van der Waals surface area contributed by atoms with E-state index >= 15 is 0 Å². The predicted octanol–water partition coefficient (Wildman–Crippen LogP) is 5.23. The lowest BCUT2D eigenvalue weighted by molar-refractivity contribution is -0.138. The highest BCUT2D eigenvalue weighted by Crippen LogP contribution is 2.42. The van der Waals surface area contributed by atoms with Crippen molar-refractivity contribution in [3.8, 4) is 5.75 Å². The van der Waals surface area contributed by atoms with Crippen LogP contribution in [-0.2, 0) is 15.8 Å². The summed E-state index contributed by atoms with van der Waals surface area (Å²) in [5.41, 5.74) is 5.01. The number of carbonyl (C=O) groups excluding carboxylic acids is 1. The van der Waals surface area contributed by atoms with E-state index in [1.54, 1.807) is 39.0 Å².